The van der Waals surface area contributed by atoms with Gasteiger partial charge in [-0.15, -0.1) is 0 Å². The molecule has 0 aromatic heterocycles. The average molecular weight is 290 g/mol. The van der Waals surface area contributed by atoms with E-state index in [0.29, 0.717) is 27.4 Å². The fraction of sp³-hybridized carbons (Fsp3) is 0.133. The van der Waals surface area contributed by atoms with Crippen molar-refractivity contribution < 1.29 is 14.4 Å². The molecule has 0 fully saturated rings. The fourth-order valence-corrected chi connectivity index (χ4v) is 1.73. The highest BCUT2D eigenvalue weighted by molar-refractivity contribution is 6.30. The lowest BCUT2D eigenvalue weighted by Crippen LogP contribution is -2.11. The quantitative estimate of drug-likeness (QED) is 0.477. The van der Waals surface area contributed by atoms with Crippen LogP contribution >= 0.6 is 11.6 Å². The van der Waals surface area contributed by atoms with Crippen molar-refractivity contribution >= 4 is 29.1 Å². The summed E-state index contributed by atoms with van der Waals surface area (Å²) in [6.45, 7) is 3.41. The first kappa shape index (κ1) is 14.2. The van der Waals surface area contributed by atoms with Crippen LogP contribution in [0.3, 0.4) is 0 Å². The number of rotatable bonds is 2. The summed E-state index contributed by atoms with van der Waals surface area (Å²) < 4.78 is 0. The highest BCUT2D eigenvalue weighted by atomic mass is 35.5. The van der Waals surface area contributed by atoms with Crippen LogP contribution < -0.4 is 0 Å². The highest BCUT2D eigenvalue weighted by Crippen LogP contribution is 2.14. The van der Waals surface area contributed by atoms with Crippen LogP contribution in [0.5, 0.6) is 0 Å². The van der Waals surface area contributed by atoms with Gasteiger partial charge in [-0.1, -0.05) is 16.8 Å². The molecular weight excluding hydrogens is 278 g/mol. The number of allylic oxidation sites excluding steroid dienone is 4. The van der Waals surface area contributed by atoms with Crippen LogP contribution in [0.1, 0.15) is 24.2 Å². The van der Waals surface area contributed by atoms with Crippen molar-refractivity contribution in [2.75, 3.05) is 0 Å². The van der Waals surface area contributed by atoms with Crippen molar-refractivity contribution in [1.82, 2.24) is 0 Å². The van der Waals surface area contributed by atoms with Gasteiger partial charge in [0.15, 0.2) is 5.78 Å². The van der Waals surface area contributed by atoms with Crippen LogP contribution in [0.4, 0.5) is 0 Å². The van der Waals surface area contributed by atoms with E-state index < -0.39 is 5.97 Å². The van der Waals surface area contributed by atoms with E-state index in [4.69, 9.17) is 16.4 Å². The third-order valence-corrected chi connectivity index (χ3v) is 3.05. The fourth-order valence-electron chi connectivity index (χ4n) is 1.60. The number of carbonyl (C=O) groups is 2. The zero-order chi connectivity index (χ0) is 14.7. The van der Waals surface area contributed by atoms with Crippen molar-refractivity contribution in [3.8, 4) is 0 Å². The van der Waals surface area contributed by atoms with Gasteiger partial charge < -0.3 is 4.84 Å². The lowest BCUT2D eigenvalue weighted by molar-refractivity contribution is -0.111. The molecule has 0 spiro atoms. The molecule has 0 amide bonds. The Morgan fingerprint density at radius 3 is 2.40 bits per heavy atom. The Bertz CT molecular complexity index is 654. The normalized spacial score (nSPS) is 16.8. The summed E-state index contributed by atoms with van der Waals surface area (Å²) in [5, 5.41) is 4.32. The molecule has 0 saturated carbocycles. The van der Waals surface area contributed by atoms with Crippen LogP contribution in [0, 0.1) is 0 Å². The van der Waals surface area contributed by atoms with Crippen molar-refractivity contribution in [1.29, 1.82) is 0 Å². The van der Waals surface area contributed by atoms with E-state index in [1.165, 1.54) is 6.08 Å². The molecule has 0 aliphatic heterocycles. The number of carbonyl (C=O) groups excluding carboxylic acids is 2. The Morgan fingerprint density at radius 2 is 1.75 bits per heavy atom. The predicted molar refractivity (Wildman–Crippen MR) is 76.8 cm³/mol. The van der Waals surface area contributed by atoms with Crippen LogP contribution in [0.25, 0.3) is 0 Å². The topological polar surface area (TPSA) is 55.7 Å². The summed E-state index contributed by atoms with van der Waals surface area (Å²) in [6.07, 6.45) is 3.05. The molecular formula is C15H12ClNO3. The number of benzene rings is 1. The number of ketones is 1. The van der Waals surface area contributed by atoms with Gasteiger partial charge in [0.2, 0.25) is 0 Å². The third kappa shape index (κ3) is 3.22. The van der Waals surface area contributed by atoms with Crippen molar-refractivity contribution in [3.63, 3.8) is 0 Å². The Hall–Kier alpha value is -2.20. The SMILES string of the molecule is CC1=C/C(=N\OC(=O)c2ccc(Cl)cc2)C(C)=CC1=O. The molecule has 1 aromatic carbocycles. The zero-order valence-electron chi connectivity index (χ0n) is 11.0. The first-order chi connectivity index (χ1) is 9.47. The minimum absolute atomic E-state index is 0.0644. The van der Waals surface area contributed by atoms with Gasteiger partial charge in [0, 0.05) is 5.02 Å². The van der Waals surface area contributed by atoms with E-state index in [9.17, 15) is 9.59 Å². The first-order valence-electron chi connectivity index (χ1n) is 5.93. The van der Waals surface area contributed by atoms with Gasteiger partial charge in [0.25, 0.3) is 0 Å². The second-order valence-electron chi connectivity index (χ2n) is 4.38. The summed E-state index contributed by atoms with van der Waals surface area (Å²) in [7, 11) is 0. The summed E-state index contributed by atoms with van der Waals surface area (Å²) in [4.78, 5) is 28.1. The highest BCUT2D eigenvalue weighted by Gasteiger charge is 2.14. The predicted octanol–water partition coefficient (Wildman–Crippen LogP) is 3.33. The van der Waals surface area contributed by atoms with E-state index in [1.807, 2.05) is 0 Å². The molecule has 102 valence electrons. The van der Waals surface area contributed by atoms with Crippen LogP contribution in [-0.4, -0.2) is 17.5 Å². The van der Waals surface area contributed by atoms with Crippen LogP contribution in [-0.2, 0) is 9.63 Å². The molecule has 1 aromatic rings. The smallest absolute Gasteiger partial charge is 0.312 e. The number of halogens is 1. The largest absolute Gasteiger partial charge is 0.365 e. The minimum atomic E-state index is -0.579. The molecule has 1 aliphatic rings. The van der Waals surface area contributed by atoms with E-state index in [1.54, 1.807) is 44.2 Å². The van der Waals surface area contributed by atoms with Gasteiger partial charge in [-0.25, -0.2) is 4.79 Å². The minimum Gasteiger partial charge on any atom is -0.312 e. The Kier molecular flexibility index (Phi) is 4.15. The van der Waals surface area contributed by atoms with Crippen LogP contribution in [0.15, 0.2) is 52.7 Å². The second kappa shape index (κ2) is 5.84. The molecule has 5 heteroatoms. The summed E-state index contributed by atoms with van der Waals surface area (Å²) in [6, 6.07) is 6.30. The molecule has 20 heavy (non-hydrogen) atoms. The monoisotopic (exact) mass is 289 g/mol. The van der Waals surface area contributed by atoms with Crippen molar-refractivity contribution in [2.24, 2.45) is 5.16 Å². The molecule has 2 rings (SSSR count). The van der Waals surface area contributed by atoms with Crippen molar-refractivity contribution in [3.05, 3.63) is 58.1 Å². The molecule has 0 heterocycles. The zero-order valence-corrected chi connectivity index (χ0v) is 11.8. The summed E-state index contributed by atoms with van der Waals surface area (Å²) in [5.74, 6) is -0.643. The van der Waals surface area contributed by atoms with E-state index >= 15 is 0 Å². The number of hydrogen-bond donors (Lipinski definition) is 0. The molecule has 0 N–H and O–H groups in total. The first-order valence-corrected chi connectivity index (χ1v) is 6.31. The van der Waals surface area contributed by atoms with Gasteiger partial charge in [-0.2, -0.15) is 0 Å². The average Bonchev–Trinajstić information content (AvgIpc) is 2.42. The van der Waals surface area contributed by atoms with E-state index in [2.05, 4.69) is 5.16 Å². The Balaban J connectivity index is 2.13. The number of oxime groups is 1. The van der Waals surface area contributed by atoms with Crippen LogP contribution in [0.2, 0.25) is 5.02 Å². The maximum Gasteiger partial charge on any atom is 0.365 e. The molecule has 4 nitrogen and oxygen atoms in total. The van der Waals surface area contributed by atoms with E-state index in [-0.39, 0.29) is 5.78 Å². The standard InChI is InChI=1S/C15H12ClNO3/c1-9-8-14(18)10(2)7-13(9)17-20-15(19)11-3-5-12(16)6-4-11/h3-8H,1-2H3/b17-13+. The molecule has 0 bridgehead atoms. The van der Waals surface area contributed by atoms with Gasteiger partial charge in [-0.3, -0.25) is 4.79 Å². The second-order valence-corrected chi connectivity index (χ2v) is 4.82. The maximum atomic E-state index is 11.8. The summed E-state index contributed by atoms with van der Waals surface area (Å²) in [5.41, 5.74) is 2.03. The third-order valence-electron chi connectivity index (χ3n) is 2.80. The Morgan fingerprint density at radius 1 is 1.10 bits per heavy atom. The molecule has 1 aliphatic carbocycles. The van der Waals surface area contributed by atoms with Gasteiger partial charge >= 0.3 is 5.97 Å². The maximum absolute atomic E-state index is 11.8. The summed E-state index contributed by atoms with van der Waals surface area (Å²) >= 11 is 5.74. The van der Waals surface area contributed by atoms with Gasteiger partial charge in [0.1, 0.15) is 5.71 Å². The van der Waals surface area contributed by atoms with E-state index in [0.717, 1.165) is 0 Å². The lowest BCUT2D eigenvalue weighted by Gasteiger charge is -2.08. The molecule has 0 saturated heterocycles. The van der Waals surface area contributed by atoms with Gasteiger partial charge in [-0.05, 0) is 61.4 Å². The molecule has 0 unspecified atom stereocenters. The lowest BCUT2D eigenvalue weighted by atomic mass is 9.99. The van der Waals surface area contributed by atoms with Crippen molar-refractivity contribution in [2.45, 2.75) is 13.8 Å². The van der Waals surface area contributed by atoms with Gasteiger partial charge in [0.05, 0.1) is 5.56 Å². The number of nitrogens with zero attached hydrogens (tertiary/aromatic N) is 1. The number of hydrogen-bond acceptors (Lipinski definition) is 4. The molecule has 0 atom stereocenters. The Labute approximate surface area is 121 Å². The molecule has 0 radical (unpaired) electrons.